The van der Waals surface area contributed by atoms with Crippen LogP contribution in [0.1, 0.15) is 29.8 Å². The summed E-state index contributed by atoms with van der Waals surface area (Å²) in [5.41, 5.74) is 2.01. The highest BCUT2D eigenvalue weighted by molar-refractivity contribution is 14.1. The van der Waals surface area contributed by atoms with Gasteiger partial charge in [0.1, 0.15) is 0 Å². The van der Waals surface area contributed by atoms with Gasteiger partial charge >= 0.3 is 0 Å². The molecule has 0 aliphatic heterocycles. The lowest BCUT2D eigenvalue weighted by Gasteiger charge is -2.09. The second-order valence-corrected chi connectivity index (χ2v) is 5.64. The van der Waals surface area contributed by atoms with Gasteiger partial charge < -0.3 is 0 Å². The third kappa shape index (κ3) is 2.57. The second-order valence-electron chi connectivity index (χ2n) is 3.10. The zero-order valence-electron chi connectivity index (χ0n) is 8.18. The van der Waals surface area contributed by atoms with Crippen LogP contribution in [0.3, 0.4) is 0 Å². The van der Waals surface area contributed by atoms with Crippen molar-refractivity contribution in [3.63, 3.8) is 0 Å². The maximum absolute atomic E-state index is 11.8. The van der Waals surface area contributed by atoms with Crippen LogP contribution in [0.2, 0.25) is 0 Å². The first-order valence-electron chi connectivity index (χ1n) is 4.53. The first-order chi connectivity index (χ1) is 6.57. The Morgan fingerprint density at radius 1 is 1.57 bits per heavy atom. The van der Waals surface area contributed by atoms with Gasteiger partial charge in [0.25, 0.3) is 0 Å². The number of halogens is 2. The van der Waals surface area contributed by atoms with Crippen LogP contribution in [-0.2, 0) is 6.42 Å². The standard InChI is InChI=1S/C11H12BrIO/c1-3-8-9(11(14)7(2)12)5-4-6-10(8)13/h4-7H,3H2,1-2H3. The zero-order chi connectivity index (χ0) is 10.7. The molecule has 3 heteroatoms. The van der Waals surface area contributed by atoms with Crippen LogP contribution < -0.4 is 0 Å². The molecule has 76 valence electrons. The molecule has 0 spiro atoms. The molecule has 1 aromatic rings. The van der Waals surface area contributed by atoms with E-state index in [1.54, 1.807) is 0 Å². The summed E-state index contributed by atoms with van der Waals surface area (Å²) in [6.07, 6.45) is 0.903. The molecule has 0 fully saturated rings. The van der Waals surface area contributed by atoms with Crippen molar-refractivity contribution in [2.45, 2.75) is 25.1 Å². The quantitative estimate of drug-likeness (QED) is 0.451. The molecule has 0 amide bonds. The van der Waals surface area contributed by atoms with E-state index in [2.05, 4.69) is 45.4 Å². The average Bonchev–Trinajstić information content (AvgIpc) is 2.16. The third-order valence-electron chi connectivity index (χ3n) is 2.10. The zero-order valence-corrected chi connectivity index (χ0v) is 11.9. The van der Waals surface area contributed by atoms with Gasteiger partial charge in [0.05, 0.1) is 4.83 Å². The number of carbonyl (C=O) groups excluding carboxylic acids is 1. The molecule has 0 saturated heterocycles. The first kappa shape index (κ1) is 12.2. The van der Waals surface area contributed by atoms with Crippen LogP contribution >= 0.6 is 38.5 Å². The molecule has 1 unspecified atom stereocenters. The SMILES string of the molecule is CCc1c(I)cccc1C(=O)C(C)Br. The number of rotatable bonds is 3. The van der Waals surface area contributed by atoms with Gasteiger partial charge in [-0.05, 0) is 47.6 Å². The predicted octanol–water partition coefficient (Wildman–Crippen LogP) is 3.82. The first-order valence-corrected chi connectivity index (χ1v) is 6.53. The van der Waals surface area contributed by atoms with Crippen LogP contribution in [-0.4, -0.2) is 10.6 Å². The maximum atomic E-state index is 11.8. The summed E-state index contributed by atoms with van der Waals surface area (Å²) < 4.78 is 1.17. The molecule has 0 saturated carbocycles. The number of hydrogen-bond donors (Lipinski definition) is 0. The summed E-state index contributed by atoms with van der Waals surface area (Å²) in [6.45, 7) is 3.94. The number of carbonyl (C=O) groups is 1. The minimum Gasteiger partial charge on any atom is -0.293 e. The summed E-state index contributed by atoms with van der Waals surface area (Å²) in [5.74, 6) is 0.167. The van der Waals surface area contributed by atoms with Crippen molar-refractivity contribution in [1.82, 2.24) is 0 Å². The van der Waals surface area contributed by atoms with E-state index in [4.69, 9.17) is 0 Å². The molecule has 0 heterocycles. The molecule has 1 rings (SSSR count). The van der Waals surface area contributed by atoms with Crippen LogP contribution in [0, 0.1) is 3.57 Å². The number of benzene rings is 1. The van der Waals surface area contributed by atoms with E-state index in [0.717, 1.165) is 17.5 Å². The van der Waals surface area contributed by atoms with Gasteiger partial charge in [-0.2, -0.15) is 0 Å². The summed E-state index contributed by atoms with van der Waals surface area (Å²) >= 11 is 5.59. The Labute approximate surface area is 107 Å². The van der Waals surface area contributed by atoms with Crippen LogP contribution in [0.15, 0.2) is 18.2 Å². The van der Waals surface area contributed by atoms with E-state index in [0.29, 0.717) is 0 Å². The van der Waals surface area contributed by atoms with Gasteiger partial charge in [-0.1, -0.05) is 35.0 Å². The average molecular weight is 367 g/mol. The topological polar surface area (TPSA) is 17.1 Å². The Balaban J connectivity index is 3.20. The lowest BCUT2D eigenvalue weighted by atomic mass is 10.0. The molecular formula is C11H12BrIO. The smallest absolute Gasteiger partial charge is 0.176 e. The molecular weight excluding hydrogens is 355 g/mol. The van der Waals surface area contributed by atoms with Crippen molar-refractivity contribution >= 4 is 44.3 Å². The summed E-state index contributed by atoms with van der Waals surface area (Å²) in [7, 11) is 0. The Morgan fingerprint density at radius 3 is 2.71 bits per heavy atom. The number of hydrogen-bond acceptors (Lipinski definition) is 1. The van der Waals surface area contributed by atoms with Crippen molar-refractivity contribution < 1.29 is 4.79 Å². The summed E-state index contributed by atoms with van der Waals surface area (Å²) in [4.78, 5) is 11.7. The van der Waals surface area contributed by atoms with E-state index < -0.39 is 0 Å². The van der Waals surface area contributed by atoms with E-state index in [1.165, 1.54) is 3.57 Å². The van der Waals surface area contributed by atoms with Gasteiger partial charge in [-0.3, -0.25) is 4.79 Å². The predicted molar refractivity (Wildman–Crippen MR) is 71.3 cm³/mol. The molecule has 1 aromatic carbocycles. The lowest BCUT2D eigenvalue weighted by Crippen LogP contribution is -2.13. The number of ketones is 1. The molecule has 0 aliphatic carbocycles. The van der Waals surface area contributed by atoms with Crippen molar-refractivity contribution in [3.8, 4) is 0 Å². The Hall–Kier alpha value is 0.1000. The normalized spacial score (nSPS) is 12.6. The van der Waals surface area contributed by atoms with Gasteiger partial charge in [-0.15, -0.1) is 0 Å². The Morgan fingerprint density at radius 2 is 2.21 bits per heavy atom. The largest absolute Gasteiger partial charge is 0.293 e. The van der Waals surface area contributed by atoms with Gasteiger partial charge in [0.15, 0.2) is 5.78 Å². The van der Waals surface area contributed by atoms with Crippen molar-refractivity contribution in [3.05, 3.63) is 32.9 Å². The Kier molecular flexibility index (Phi) is 4.57. The van der Waals surface area contributed by atoms with Crippen molar-refractivity contribution in [2.75, 3.05) is 0 Å². The fraction of sp³-hybridized carbons (Fsp3) is 0.364. The van der Waals surface area contributed by atoms with E-state index in [1.807, 2.05) is 25.1 Å². The van der Waals surface area contributed by atoms with Crippen LogP contribution in [0.4, 0.5) is 0 Å². The molecule has 0 aliphatic rings. The molecule has 1 atom stereocenters. The summed E-state index contributed by atoms with van der Waals surface area (Å²) in [6, 6.07) is 5.87. The minimum absolute atomic E-state index is 0.106. The van der Waals surface area contributed by atoms with Crippen molar-refractivity contribution in [1.29, 1.82) is 0 Å². The molecule has 0 radical (unpaired) electrons. The van der Waals surface area contributed by atoms with Gasteiger partial charge in [0, 0.05) is 9.13 Å². The second kappa shape index (κ2) is 5.26. The maximum Gasteiger partial charge on any atom is 0.176 e. The van der Waals surface area contributed by atoms with Crippen LogP contribution in [0.5, 0.6) is 0 Å². The fourth-order valence-electron chi connectivity index (χ4n) is 1.36. The van der Waals surface area contributed by atoms with Gasteiger partial charge in [-0.25, -0.2) is 0 Å². The van der Waals surface area contributed by atoms with E-state index in [-0.39, 0.29) is 10.6 Å². The van der Waals surface area contributed by atoms with E-state index in [9.17, 15) is 4.79 Å². The molecule has 14 heavy (non-hydrogen) atoms. The highest BCUT2D eigenvalue weighted by Crippen LogP contribution is 2.20. The molecule has 0 aromatic heterocycles. The lowest BCUT2D eigenvalue weighted by molar-refractivity contribution is 0.0995. The van der Waals surface area contributed by atoms with Gasteiger partial charge in [0.2, 0.25) is 0 Å². The molecule has 1 nitrogen and oxygen atoms in total. The molecule has 0 N–H and O–H groups in total. The highest BCUT2D eigenvalue weighted by Gasteiger charge is 2.16. The fourth-order valence-corrected chi connectivity index (χ4v) is 2.49. The van der Waals surface area contributed by atoms with E-state index >= 15 is 0 Å². The third-order valence-corrected chi connectivity index (χ3v) is 3.53. The highest BCUT2D eigenvalue weighted by atomic mass is 127. The van der Waals surface area contributed by atoms with Crippen LogP contribution in [0.25, 0.3) is 0 Å². The Bertz CT molecular complexity index is 347. The number of alkyl halides is 1. The number of Topliss-reactive ketones (excluding diaryl/α,β-unsaturated/α-hetero) is 1. The minimum atomic E-state index is -0.106. The summed E-state index contributed by atoms with van der Waals surface area (Å²) in [5, 5.41) is 0. The molecule has 0 bridgehead atoms. The monoisotopic (exact) mass is 366 g/mol. The van der Waals surface area contributed by atoms with Crippen molar-refractivity contribution in [2.24, 2.45) is 0 Å².